The summed E-state index contributed by atoms with van der Waals surface area (Å²) in [5, 5.41) is 12.3. The monoisotopic (exact) mass is 330 g/mol. The van der Waals surface area contributed by atoms with E-state index in [-0.39, 0.29) is 17.2 Å². The van der Waals surface area contributed by atoms with Gasteiger partial charge >= 0.3 is 5.97 Å². The average Bonchev–Trinajstić information content (AvgIpc) is 3.02. The Labute approximate surface area is 143 Å². The van der Waals surface area contributed by atoms with Gasteiger partial charge in [0.15, 0.2) is 5.78 Å². The summed E-state index contributed by atoms with van der Waals surface area (Å²) in [6.07, 6.45) is 4.33. The third-order valence-corrected chi connectivity index (χ3v) is 5.55. The summed E-state index contributed by atoms with van der Waals surface area (Å²) in [6.45, 7) is 3.79. The number of carbonyl (C=O) groups is 2. The number of hydrogen-bond donors (Lipinski definition) is 2. The van der Waals surface area contributed by atoms with E-state index in [1.165, 1.54) is 0 Å². The van der Waals surface area contributed by atoms with E-state index in [0.717, 1.165) is 57.4 Å². The van der Waals surface area contributed by atoms with Crippen LogP contribution >= 0.6 is 0 Å². The maximum Gasteiger partial charge on any atom is 0.320 e. The second-order valence-electron chi connectivity index (χ2n) is 7.21. The first-order valence-corrected chi connectivity index (χ1v) is 8.85. The number of carboxylic acids is 1. The minimum Gasteiger partial charge on any atom is -0.480 e. The summed E-state index contributed by atoms with van der Waals surface area (Å²) >= 11 is 0. The first-order valence-electron chi connectivity index (χ1n) is 8.85. The predicted molar refractivity (Wildman–Crippen MR) is 92.2 cm³/mol. The van der Waals surface area contributed by atoms with E-state index in [1.54, 1.807) is 0 Å². The van der Waals surface area contributed by atoms with Gasteiger partial charge in [-0.2, -0.15) is 0 Å². The highest BCUT2D eigenvalue weighted by molar-refractivity contribution is 5.95. The van der Waals surface area contributed by atoms with Crippen LogP contribution in [-0.2, 0) is 4.79 Å². The highest BCUT2D eigenvalue weighted by Crippen LogP contribution is 2.39. The molecule has 0 bridgehead atoms. The number of ketones is 1. The van der Waals surface area contributed by atoms with Crippen LogP contribution in [0.15, 0.2) is 30.3 Å². The van der Waals surface area contributed by atoms with Crippen molar-refractivity contribution in [2.45, 2.75) is 38.1 Å². The van der Waals surface area contributed by atoms with Gasteiger partial charge in [-0.25, -0.2) is 0 Å². The fraction of sp³-hybridized carbons (Fsp3) is 0.579. The van der Waals surface area contributed by atoms with Gasteiger partial charge in [-0.3, -0.25) is 9.59 Å². The number of rotatable bonds is 6. The first-order chi connectivity index (χ1) is 11.6. The van der Waals surface area contributed by atoms with Gasteiger partial charge in [0.2, 0.25) is 0 Å². The summed E-state index contributed by atoms with van der Waals surface area (Å²) in [4.78, 5) is 25.6. The molecule has 24 heavy (non-hydrogen) atoms. The van der Waals surface area contributed by atoms with Gasteiger partial charge in [0.1, 0.15) is 6.04 Å². The van der Waals surface area contributed by atoms with Crippen LogP contribution in [0.5, 0.6) is 0 Å². The zero-order chi connectivity index (χ0) is 17.0. The van der Waals surface area contributed by atoms with E-state index >= 15 is 0 Å². The first kappa shape index (κ1) is 17.1. The molecule has 1 aromatic carbocycles. The number of Topliss-reactive ketones (excluding diaryl/α,β-unsaturated/α-hetero) is 1. The van der Waals surface area contributed by atoms with Crippen LogP contribution in [0.25, 0.3) is 0 Å². The largest absolute Gasteiger partial charge is 0.480 e. The maximum absolute atomic E-state index is 12.1. The maximum atomic E-state index is 12.1. The molecule has 2 saturated heterocycles. The molecule has 1 spiro atoms. The molecule has 0 aliphatic carbocycles. The predicted octanol–water partition coefficient (Wildman–Crippen LogP) is 2.18. The molecule has 2 heterocycles. The molecule has 1 aromatic rings. The molecule has 130 valence electrons. The van der Waals surface area contributed by atoms with Crippen molar-refractivity contribution in [3.8, 4) is 0 Å². The molecule has 0 amide bonds. The molecule has 2 aliphatic heterocycles. The van der Waals surface area contributed by atoms with Crippen LogP contribution in [0.2, 0.25) is 0 Å². The van der Waals surface area contributed by atoms with E-state index in [4.69, 9.17) is 5.11 Å². The Morgan fingerprint density at radius 3 is 2.54 bits per heavy atom. The number of benzene rings is 1. The second kappa shape index (κ2) is 7.45. The number of hydrogen-bond acceptors (Lipinski definition) is 4. The lowest BCUT2D eigenvalue weighted by Crippen LogP contribution is -2.41. The molecule has 0 aromatic heterocycles. The van der Waals surface area contributed by atoms with Gasteiger partial charge in [0, 0.05) is 18.5 Å². The summed E-state index contributed by atoms with van der Waals surface area (Å²) in [6, 6.07) is 9.10. The van der Waals surface area contributed by atoms with Crippen molar-refractivity contribution in [2.24, 2.45) is 5.41 Å². The number of carboxylic acid groups (broad SMARTS) is 1. The standard InChI is InChI=1S/C19H26N2O3/c22-17(15-5-2-1-3-6-15)7-4-10-21-11-8-19(9-12-21)13-16(18(23)24)20-14-19/h1-3,5-6,16,20H,4,7-14H2,(H,23,24)/t16-/m0/s1. The fourth-order valence-electron chi connectivity index (χ4n) is 3.96. The van der Waals surface area contributed by atoms with Crippen LogP contribution in [0.3, 0.4) is 0 Å². The third-order valence-electron chi connectivity index (χ3n) is 5.55. The van der Waals surface area contributed by atoms with Crippen LogP contribution in [0.1, 0.15) is 42.5 Å². The molecule has 5 heteroatoms. The number of nitrogens with zero attached hydrogens (tertiary/aromatic N) is 1. The van der Waals surface area contributed by atoms with Crippen molar-refractivity contribution in [2.75, 3.05) is 26.2 Å². The van der Waals surface area contributed by atoms with Crippen LogP contribution in [-0.4, -0.2) is 54.0 Å². The number of piperidine rings is 1. The van der Waals surface area contributed by atoms with Crippen LogP contribution in [0.4, 0.5) is 0 Å². The Morgan fingerprint density at radius 1 is 1.21 bits per heavy atom. The highest BCUT2D eigenvalue weighted by atomic mass is 16.4. The van der Waals surface area contributed by atoms with Crippen molar-refractivity contribution >= 4 is 11.8 Å². The minimum atomic E-state index is -0.728. The molecule has 0 radical (unpaired) electrons. The zero-order valence-corrected chi connectivity index (χ0v) is 14.0. The Hall–Kier alpha value is -1.72. The van der Waals surface area contributed by atoms with Crippen molar-refractivity contribution in [3.63, 3.8) is 0 Å². The van der Waals surface area contributed by atoms with Crippen molar-refractivity contribution in [1.29, 1.82) is 0 Å². The van der Waals surface area contributed by atoms with E-state index in [9.17, 15) is 9.59 Å². The molecule has 3 rings (SSSR count). The van der Waals surface area contributed by atoms with Crippen molar-refractivity contribution in [1.82, 2.24) is 10.2 Å². The van der Waals surface area contributed by atoms with Gasteiger partial charge in [-0.05, 0) is 50.7 Å². The molecule has 0 unspecified atom stereocenters. The van der Waals surface area contributed by atoms with Crippen molar-refractivity contribution in [3.05, 3.63) is 35.9 Å². The minimum absolute atomic E-state index is 0.166. The van der Waals surface area contributed by atoms with Gasteiger partial charge in [0.25, 0.3) is 0 Å². The summed E-state index contributed by atoms with van der Waals surface area (Å²) in [7, 11) is 0. The average molecular weight is 330 g/mol. The van der Waals surface area contributed by atoms with Gasteiger partial charge in [0.05, 0.1) is 0 Å². The van der Waals surface area contributed by atoms with E-state index in [1.807, 2.05) is 30.3 Å². The van der Waals surface area contributed by atoms with Gasteiger partial charge < -0.3 is 15.3 Å². The molecule has 2 N–H and O–H groups in total. The van der Waals surface area contributed by atoms with E-state index < -0.39 is 5.97 Å². The van der Waals surface area contributed by atoms with Crippen molar-refractivity contribution < 1.29 is 14.7 Å². The lowest BCUT2D eigenvalue weighted by Gasteiger charge is -2.39. The lowest BCUT2D eigenvalue weighted by molar-refractivity contribution is -0.139. The fourth-order valence-corrected chi connectivity index (χ4v) is 3.96. The molecule has 1 atom stereocenters. The summed E-state index contributed by atoms with van der Waals surface area (Å²) < 4.78 is 0. The molecule has 0 saturated carbocycles. The second-order valence-corrected chi connectivity index (χ2v) is 7.21. The number of aliphatic carboxylic acids is 1. The Morgan fingerprint density at radius 2 is 1.92 bits per heavy atom. The van der Waals surface area contributed by atoms with Crippen LogP contribution in [0, 0.1) is 5.41 Å². The molecular formula is C19H26N2O3. The van der Waals surface area contributed by atoms with E-state index in [0.29, 0.717) is 6.42 Å². The number of likely N-dealkylation sites (tertiary alicyclic amines) is 1. The molecule has 2 fully saturated rings. The highest BCUT2D eigenvalue weighted by Gasteiger charge is 2.43. The lowest BCUT2D eigenvalue weighted by atomic mass is 9.76. The molecular weight excluding hydrogens is 304 g/mol. The summed E-state index contributed by atoms with van der Waals surface area (Å²) in [5.74, 6) is -0.512. The Bertz CT molecular complexity index is 580. The molecule has 5 nitrogen and oxygen atoms in total. The van der Waals surface area contributed by atoms with E-state index in [2.05, 4.69) is 10.2 Å². The normalized spacial score (nSPS) is 23.4. The number of carbonyl (C=O) groups excluding carboxylic acids is 1. The van der Waals surface area contributed by atoms with Crippen LogP contribution < -0.4 is 5.32 Å². The summed E-state index contributed by atoms with van der Waals surface area (Å²) in [5.41, 5.74) is 0.964. The third kappa shape index (κ3) is 4.02. The Balaban J connectivity index is 1.39. The number of nitrogens with one attached hydrogen (secondary N) is 1. The SMILES string of the molecule is O=C(CCCN1CCC2(CC1)CN[C@H](C(=O)O)C2)c1ccccc1. The quantitative estimate of drug-likeness (QED) is 0.783. The van der Waals surface area contributed by atoms with Gasteiger partial charge in [-0.15, -0.1) is 0 Å². The Kier molecular flexibility index (Phi) is 5.31. The zero-order valence-electron chi connectivity index (χ0n) is 14.0. The smallest absolute Gasteiger partial charge is 0.320 e. The van der Waals surface area contributed by atoms with Gasteiger partial charge in [-0.1, -0.05) is 30.3 Å². The molecule has 2 aliphatic rings. The topological polar surface area (TPSA) is 69.6 Å².